The van der Waals surface area contributed by atoms with E-state index in [1.165, 1.54) is 16.7 Å². The molecule has 0 aliphatic rings. The normalized spacial score (nSPS) is 11.4. The SMILES string of the molecule is CCCn1cc(S(=O)(=O)c2ccccc2)c(=O)n(-c2ccccc2)c1=O. The van der Waals surface area contributed by atoms with Crippen molar-refractivity contribution < 1.29 is 8.42 Å². The zero-order valence-corrected chi connectivity index (χ0v) is 15.0. The molecule has 0 saturated carbocycles. The Morgan fingerprint density at radius 2 is 1.46 bits per heavy atom. The first-order valence-corrected chi connectivity index (χ1v) is 9.67. The number of benzene rings is 2. The molecule has 26 heavy (non-hydrogen) atoms. The van der Waals surface area contributed by atoms with Crippen LogP contribution in [0.25, 0.3) is 5.69 Å². The van der Waals surface area contributed by atoms with Gasteiger partial charge in [-0.3, -0.25) is 9.36 Å². The summed E-state index contributed by atoms with van der Waals surface area (Å²) >= 11 is 0. The van der Waals surface area contributed by atoms with Gasteiger partial charge < -0.3 is 0 Å². The van der Waals surface area contributed by atoms with Crippen LogP contribution < -0.4 is 11.2 Å². The van der Waals surface area contributed by atoms with Crippen molar-refractivity contribution in [2.45, 2.75) is 29.7 Å². The summed E-state index contributed by atoms with van der Waals surface area (Å²) in [5.41, 5.74) is -1.08. The fourth-order valence-corrected chi connectivity index (χ4v) is 4.05. The first-order valence-electron chi connectivity index (χ1n) is 8.19. The van der Waals surface area contributed by atoms with Gasteiger partial charge in [0.25, 0.3) is 5.56 Å². The van der Waals surface area contributed by atoms with Crippen LogP contribution in [0.1, 0.15) is 13.3 Å². The van der Waals surface area contributed by atoms with Crippen molar-refractivity contribution in [3.8, 4) is 5.69 Å². The monoisotopic (exact) mass is 370 g/mol. The molecule has 3 rings (SSSR count). The summed E-state index contributed by atoms with van der Waals surface area (Å²) in [5, 5.41) is 0. The van der Waals surface area contributed by atoms with E-state index in [4.69, 9.17) is 0 Å². The minimum absolute atomic E-state index is 0.0124. The van der Waals surface area contributed by atoms with Gasteiger partial charge in [0.1, 0.15) is 0 Å². The fraction of sp³-hybridized carbons (Fsp3) is 0.158. The standard InChI is InChI=1S/C19H18N2O4S/c1-2-13-20-14-17(26(24,25)16-11-7-4-8-12-16)18(22)21(19(20)23)15-9-5-3-6-10-15/h3-12,14H,2,13H2,1H3. The van der Waals surface area contributed by atoms with Crippen molar-refractivity contribution in [3.05, 3.63) is 87.7 Å². The number of hydrogen-bond donors (Lipinski definition) is 0. The van der Waals surface area contributed by atoms with E-state index in [2.05, 4.69) is 0 Å². The quantitative estimate of drug-likeness (QED) is 0.690. The molecule has 3 aromatic rings. The number of aryl methyl sites for hydroxylation is 1. The topological polar surface area (TPSA) is 78.1 Å². The van der Waals surface area contributed by atoms with E-state index in [0.29, 0.717) is 18.7 Å². The highest BCUT2D eigenvalue weighted by atomic mass is 32.2. The zero-order chi connectivity index (χ0) is 18.7. The number of para-hydroxylation sites is 1. The summed E-state index contributed by atoms with van der Waals surface area (Å²) in [5.74, 6) is 0. The lowest BCUT2D eigenvalue weighted by Crippen LogP contribution is -2.41. The van der Waals surface area contributed by atoms with Crippen LogP contribution in [-0.2, 0) is 16.4 Å². The summed E-state index contributed by atoms with van der Waals surface area (Å²) in [6.45, 7) is 2.18. The van der Waals surface area contributed by atoms with Crippen LogP contribution in [0.2, 0.25) is 0 Å². The molecule has 0 aliphatic heterocycles. The third kappa shape index (κ3) is 3.13. The molecule has 0 saturated heterocycles. The Balaban J connectivity index is 2.36. The van der Waals surface area contributed by atoms with Crippen molar-refractivity contribution in [1.29, 1.82) is 0 Å². The van der Waals surface area contributed by atoms with Crippen LogP contribution in [-0.4, -0.2) is 17.6 Å². The van der Waals surface area contributed by atoms with Crippen LogP contribution in [0.15, 0.2) is 86.2 Å². The molecule has 6 nitrogen and oxygen atoms in total. The summed E-state index contributed by atoms with van der Waals surface area (Å²) in [6.07, 6.45) is 1.77. The second-order valence-corrected chi connectivity index (χ2v) is 7.68. The largest absolute Gasteiger partial charge is 0.335 e. The van der Waals surface area contributed by atoms with Gasteiger partial charge in [-0.2, -0.15) is 0 Å². The first-order chi connectivity index (χ1) is 12.5. The van der Waals surface area contributed by atoms with Crippen LogP contribution in [0.3, 0.4) is 0 Å². The summed E-state index contributed by atoms with van der Waals surface area (Å²) in [4.78, 5) is 25.3. The van der Waals surface area contributed by atoms with E-state index >= 15 is 0 Å². The number of hydrogen-bond acceptors (Lipinski definition) is 4. The van der Waals surface area contributed by atoms with E-state index in [-0.39, 0.29) is 4.90 Å². The molecule has 1 heterocycles. The van der Waals surface area contributed by atoms with E-state index in [0.717, 1.165) is 10.8 Å². The molecule has 134 valence electrons. The van der Waals surface area contributed by atoms with Crippen molar-refractivity contribution in [1.82, 2.24) is 9.13 Å². The highest BCUT2D eigenvalue weighted by Gasteiger charge is 2.25. The second-order valence-electron chi connectivity index (χ2n) is 5.76. The van der Waals surface area contributed by atoms with E-state index in [1.54, 1.807) is 48.5 Å². The molecule has 0 N–H and O–H groups in total. The van der Waals surface area contributed by atoms with Gasteiger partial charge in [0, 0.05) is 12.7 Å². The Bertz CT molecular complexity index is 1130. The Hall–Kier alpha value is -2.93. The van der Waals surface area contributed by atoms with Crippen molar-refractivity contribution in [2.75, 3.05) is 0 Å². The summed E-state index contributed by atoms with van der Waals surface area (Å²) in [6, 6.07) is 16.0. The van der Waals surface area contributed by atoms with Gasteiger partial charge in [0.2, 0.25) is 9.84 Å². The molecule has 1 aromatic heterocycles. The lowest BCUT2D eigenvalue weighted by Gasteiger charge is -2.13. The lowest BCUT2D eigenvalue weighted by molar-refractivity contribution is 0.572. The summed E-state index contributed by atoms with van der Waals surface area (Å²) < 4.78 is 28.1. The molecule has 0 aliphatic carbocycles. The Labute approximate surface area is 150 Å². The van der Waals surface area contributed by atoms with Crippen molar-refractivity contribution in [3.63, 3.8) is 0 Å². The average molecular weight is 370 g/mol. The number of nitrogens with zero attached hydrogens (tertiary/aromatic N) is 2. The number of rotatable bonds is 5. The lowest BCUT2D eigenvalue weighted by atomic mass is 10.3. The summed E-state index contributed by atoms with van der Waals surface area (Å²) in [7, 11) is -4.05. The minimum atomic E-state index is -4.05. The van der Waals surface area contributed by atoms with Crippen molar-refractivity contribution >= 4 is 9.84 Å². The van der Waals surface area contributed by atoms with E-state index < -0.39 is 26.0 Å². The van der Waals surface area contributed by atoms with E-state index in [9.17, 15) is 18.0 Å². The molecule has 0 radical (unpaired) electrons. The molecule has 0 unspecified atom stereocenters. The fourth-order valence-electron chi connectivity index (χ4n) is 2.69. The molecule has 0 amide bonds. The third-order valence-corrected chi connectivity index (χ3v) is 5.70. The maximum atomic E-state index is 13.0. The first kappa shape index (κ1) is 17.9. The maximum Gasteiger partial charge on any atom is 0.335 e. The van der Waals surface area contributed by atoms with Gasteiger partial charge in [-0.15, -0.1) is 0 Å². The van der Waals surface area contributed by atoms with Gasteiger partial charge in [-0.05, 0) is 30.7 Å². The van der Waals surface area contributed by atoms with Gasteiger partial charge in [0.05, 0.1) is 10.6 Å². The van der Waals surface area contributed by atoms with Crippen molar-refractivity contribution in [2.24, 2.45) is 0 Å². The molecule has 0 bridgehead atoms. The predicted octanol–water partition coefficient (Wildman–Crippen LogP) is 2.24. The maximum absolute atomic E-state index is 13.0. The molecule has 7 heteroatoms. The van der Waals surface area contributed by atoms with E-state index in [1.807, 2.05) is 6.92 Å². The van der Waals surface area contributed by atoms with Gasteiger partial charge in [-0.25, -0.2) is 17.8 Å². The predicted molar refractivity (Wildman–Crippen MR) is 98.5 cm³/mol. The Morgan fingerprint density at radius 3 is 2.04 bits per heavy atom. The smallest absolute Gasteiger partial charge is 0.299 e. The molecule has 0 spiro atoms. The minimum Gasteiger partial charge on any atom is -0.299 e. The molecular weight excluding hydrogens is 352 g/mol. The number of aromatic nitrogens is 2. The van der Waals surface area contributed by atoms with Crippen LogP contribution in [0, 0.1) is 0 Å². The highest BCUT2D eigenvalue weighted by molar-refractivity contribution is 7.91. The molecule has 2 aromatic carbocycles. The van der Waals surface area contributed by atoms with Crippen LogP contribution >= 0.6 is 0 Å². The van der Waals surface area contributed by atoms with Crippen LogP contribution in [0.4, 0.5) is 0 Å². The molecular formula is C19H18N2O4S. The molecule has 0 atom stereocenters. The second kappa shape index (κ2) is 7.13. The van der Waals surface area contributed by atoms with Crippen LogP contribution in [0.5, 0.6) is 0 Å². The van der Waals surface area contributed by atoms with Gasteiger partial charge in [-0.1, -0.05) is 43.3 Å². The highest BCUT2D eigenvalue weighted by Crippen LogP contribution is 2.17. The molecule has 0 fully saturated rings. The van der Waals surface area contributed by atoms with Gasteiger partial charge >= 0.3 is 5.69 Å². The number of sulfone groups is 1. The zero-order valence-electron chi connectivity index (χ0n) is 14.2. The Morgan fingerprint density at radius 1 is 0.885 bits per heavy atom. The third-order valence-electron chi connectivity index (χ3n) is 3.95. The average Bonchev–Trinajstić information content (AvgIpc) is 2.65. The Kier molecular flexibility index (Phi) is 4.90. The van der Waals surface area contributed by atoms with Gasteiger partial charge in [0.15, 0.2) is 4.90 Å².